The normalized spacial score (nSPS) is 11.0. The zero-order chi connectivity index (χ0) is 18.8. The molecule has 0 aliphatic rings. The van der Waals surface area contributed by atoms with E-state index < -0.39 is 5.91 Å². The number of allylic oxidation sites excluding steroid dienone is 2. The lowest BCUT2D eigenvalue weighted by Gasteiger charge is -2.09. The van der Waals surface area contributed by atoms with Gasteiger partial charge in [0, 0.05) is 25.6 Å². The molecule has 0 saturated heterocycles. The summed E-state index contributed by atoms with van der Waals surface area (Å²) < 4.78 is 2.27. The molecule has 6 nitrogen and oxygen atoms in total. The van der Waals surface area contributed by atoms with Crippen LogP contribution in [0.15, 0.2) is 36.4 Å². The van der Waals surface area contributed by atoms with Crippen LogP contribution in [0.1, 0.15) is 38.1 Å². The number of aromatic nitrogens is 2. The lowest BCUT2D eigenvalue weighted by molar-refractivity contribution is -0.124. The van der Waals surface area contributed by atoms with Crippen molar-refractivity contribution in [1.29, 1.82) is 0 Å². The Hall–Kier alpha value is -1.86. The second-order valence-electron chi connectivity index (χ2n) is 6.01. The number of aryl methyl sites for hydroxylation is 1. The van der Waals surface area contributed by atoms with Gasteiger partial charge in [-0.05, 0) is 43.2 Å². The highest BCUT2D eigenvalue weighted by Gasteiger charge is 2.10. The molecule has 2 aromatic rings. The van der Waals surface area contributed by atoms with Crippen LogP contribution in [0.4, 0.5) is 0 Å². The Morgan fingerprint density at radius 1 is 1.25 bits per heavy atom. The number of hydrogen-bond acceptors (Lipinski definition) is 4. The van der Waals surface area contributed by atoms with Crippen LogP contribution in [-0.4, -0.2) is 33.8 Å². The second kappa shape index (κ2) is 14.2. The molecule has 28 heavy (non-hydrogen) atoms. The molecule has 1 heterocycles. The average Bonchev–Trinajstić information content (AvgIpc) is 3.00. The number of imidazole rings is 1. The van der Waals surface area contributed by atoms with Gasteiger partial charge in [-0.3, -0.25) is 10.0 Å². The first-order valence-electron chi connectivity index (χ1n) is 9.16. The molecule has 0 aliphatic carbocycles. The van der Waals surface area contributed by atoms with Crippen LogP contribution in [0, 0.1) is 0 Å². The maximum Gasteiger partial charge on any atom is 0.267 e. The largest absolute Gasteiger partial charge is 0.327 e. The molecule has 1 amide bonds. The zero-order valence-electron chi connectivity index (χ0n) is 16.4. The van der Waals surface area contributed by atoms with E-state index in [1.54, 1.807) is 11.6 Å². The first kappa shape index (κ1) is 26.1. The third kappa shape index (κ3) is 7.64. The quantitative estimate of drug-likeness (QED) is 0.176. The van der Waals surface area contributed by atoms with Gasteiger partial charge in [0.1, 0.15) is 5.82 Å². The average molecular weight is 429 g/mol. The molecule has 2 rings (SSSR count). The van der Waals surface area contributed by atoms with Gasteiger partial charge in [-0.2, -0.15) is 0 Å². The number of likely N-dealkylation sites (N-methyl/N-ethyl adjacent to an activating group) is 1. The Morgan fingerprint density at radius 3 is 2.71 bits per heavy atom. The van der Waals surface area contributed by atoms with Crippen LogP contribution < -0.4 is 10.8 Å². The topological polar surface area (TPSA) is 79.2 Å². The van der Waals surface area contributed by atoms with Gasteiger partial charge in [-0.15, -0.1) is 24.8 Å². The summed E-state index contributed by atoms with van der Waals surface area (Å²) in [7, 11) is 0. The third-order valence-corrected chi connectivity index (χ3v) is 4.09. The monoisotopic (exact) mass is 428 g/mol. The van der Waals surface area contributed by atoms with Crippen molar-refractivity contribution in [2.24, 2.45) is 0 Å². The Bertz CT molecular complexity index is 788. The number of amides is 1. The van der Waals surface area contributed by atoms with Crippen LogP contribution in [0.5, 0.6) is 0 Å². The van der Waals surface area contributed by atoms with E-state index in [4.69, 9.17) is 10.2 Å². The molecule has 0 spiro atoms. The number of carbonyl (C=O) groups excluding carboxylic acids is 1. The highest BCUT2D eigenvalue weighted by atomic mass is 35.5. The first-order chi connectivity index (χ1) is 12.7. The Labute approximate surface area is 178 Å². The highest BCUT2D eigenvalue weighted by Crippen LogP contribution is 2.20. The third-order valence-electron chi connectivity index (χ3n) is 4.09. The number of hydroxylamine groups is 1. The van der Waals surface area contributed by atoms with Crippen molar-refractivity contribution >= 4 is 47.8 Å². The molecule has 0 atom stereocenters. The van der Waals surface area contributed by atoms with Gasteiger partial charge in [0.25, 0.3) is 5.91 Å². The minimum Gasteiger partial charge on any atom is -0.327 e. The minimum absolute atomic E-state index is 0. The predicted octanol–water partition coefficient (Wildman–Crippen LogP) is 3.91. The molecule has 156 valence electrons. The van der Waals surface area contributed by atoms with Crippen LogP contribution in [0.25, 0.3) is 17.1 Å². The summed E-state index contributed by atoms with van der Waals surface area (Å²) in [5.74, 6) is 0.526. The fraction of sp³-hybridized carbons (Fsp3) is 0.400. The second-order valence-corrected chi connectivity index (χ2v) is 6.01. The van der Waals surface area contributed by atoms with E-state index >= 15 is 0 Å². The number of rotatable bonds is 10. The maximum absolute atomic E-state index is 11.1. The van der Waals surface area contributed by atoms with Crippen LogP contribution in [-0.2, 0) is 17.8 Å². The van der Waals surface area contributed by atoms with E-state index in [1.807, 2.05) is 18.2 Å². The number of fused-ring (bicyclic) bond motifs is 1. The van der Waals surface area contributed by atoms with Crippen molar-refractivity contribution in [1.82, 2.24) is 20.3 Å². The number of nitrogens with one attached hydrogen (secondary N) is 2. The lowest BCUT2D eigenvalue weighted by atomic mass is 10.2. The fourth-order valence-corrected chi connectivity index (χ4v) is 2.81. The van der Waals surface area contributed by atoms with E-state index in [-0.39, 0.29) is 24.8 Å². The fourth-order valence-electron chi connectivity index (χ4n) is 2.81. The predicted molar refractivity (Wildman–Crippen MR) is 119 cm³/mol. The molecular weight excluding hydrogens is 399 g/mol. The number of benzene rings is 1. The maximum atomic E-state index is 11.1. The van der Waals surface area contributed by atoms with Gasteiger partial charge in [0.15, 0.2) is 0 Å². The SMILES string of the molecule is CC/C=C\CCc1nc2cc(/C=C/C(=O)NO)ccc2n1CCNCC.Cl.Cl. The van der Waals surface area contributed by atoms with Crippen molar-refractivity contribution in [3.8, 4) is 0 Å². The Kier molecular flexibility index (Phi) is 13.2. The summed E-state index contributed by atoms with van der Waals surface area (Å²) >= 11 is 0. The number of carbonyl (C=O) groups is 1. The lowest BCUT2D eigenvalue weighted by Crippen LogP contribution is -2.20. The molecule has 0 bridgehead atoms. The standard InChI is InChI=1S/C20H28N4O2.2ClH/c1-3-5-6-7-8-19-22-17-15-16(10-12-20(25)23-26)9-11-18(17)24(19)14-13-21-4-2;;/h5-6,9-12,15,21,26H,3-4,7-8,13-14H2,1-2H3,(H,23,25);2*1H/b6-5-,12-10+;;. The van der Waals surface area contributed by atoms with E-state index in [0.29, 0.717) is 0 Å². The highest BCUT2D eigenvalue weighted by molar-refractivity contribution is 5.91. The molecule has 8 heteroatoms. The molecule has 0 aliphatic heterocycles. The van der Waals surface area contributed by atoms with Crippen LogP contribution in [0.2, 0.25) is 0 Å². The Morgan fingerprint density at radius 2 is 2.04 bits per heavy atom. The molecule has 0 saturated carbocycles. The van der Waals surface area contributed by atoms with Crippen molar-refractivity contribution in [3.05, 3.63) is 47.8 Å². The summed E-state index contributed by atoms with van der Waals surface area (Å²) in [5.41, 5.74) is 4.48. The molecular formula is C20H30Cl2N4O2. The van der Waals surface area contributed by atoms with Crippen LogP contribution in [0.3, 0.4) is 0 Å². The summed E-state index contributed by atoms with van der Waals surface area (Å²) in [5, 5.41) is 11.9. The zero-order valence-corrected chi connectivity index (χ0v) is 18.0. The number of hydrogen-bond donors (Lipinski definition) is 3. The first-order valence-corrected chi connectivity index (χ1v) is 9.16. The molecule has 0 unspecified atom stereocenters. The van der Waals surface area contributed by atoms with Gasteiger partial charge in [-0.1, -0.05) is 32.1 Å². The van der Waals surface area contributed by atoms with E-state index in [9.17, 15) is 4.79 Å². The molecule has 1 aromatic carbocycles. The van der Waals surface area contributed by atoms with E-state index in [0.717, 1.165) is 61.3 Å². The van der Waals surface area contributed by atoms with Crippen LogP contribution >= 0.6 is 24.8 Å². The van der Waals surface area contributed by atoms with Gasteiger partial charge in [0.2, 0.25) is 0 Å². The Balaban J connectivity index is 0.00000364. The van der Waals surface area contributed by atoms with Crippen molar-refractivity contribution < 1.29 is 10.0 Å². The van der Waals surface area contributed by atoms with Gasteiger partial charge < -0.3 is 9.88 Å². The van der Waals surface area contributed by atoms with Crippen molar-refractivity contribution in [2.45, 2.75) is 39.7 Å². The minimum atomic E-state index is -0.551. The summed E-state index contributed by atoms with van der Waals surface area (Å²) in [6.07, 6.45) is 10.3. The molecule has 1 aromatic heterocycles. The summed E-state index contributed by atoms with van der Waals surface area (Å²) in [6.45, 7) is 6.96. The summed E-state index contributed by atoms with van der Waals surface area (Å²) in [4.78, 5) is 16.0. The summed E-state index contributed by atoms with van der Waals surface area (Å²) in [6, 6.07) is 5.96. The van der Waals surface area contributed by atoms with Crippen molar-refractivity contribution in [2.75, 3.05) is 13.1 Å². The van der Waals surface area contributed by atoms with E-state index in [1.165, 1.54) is 6.08 Å². The van der Waals surface area contributed by atoms with Crippen molar-refractivity contribution in [3.63, 3.8) is 0 Å². The molecule has 0 radical (unpaired) electrons. The molecule has 3 N–H and O–H groups in total. The van der Waals surface area contributed by atoms with E-state index in [2.05, 4.69) is 35.9 Å². The number of halogens is 2. The number of nitrogens with zero attached hydrogens (tertiary/aromatic N) is 2. The molecule has 0 fully saturated rings. The van der Waals surface area contributed by atoms with Gasteiger partial charge >= 0.3 is 0 Å². The van der Waals surface area contributed by atoms with Gasteiger partial charge in [-0.25, -0.2) is 10.5 Å². The smallest absolute Gasteiger partial charge is 0.267 e. The van der Waals surface area contributed by atoms with Gasteiger partial charge in [0.05, 0.1) is 11.0 Å².